The molecule has 0 saturated carbocycles. The van der Waals surface area contributed by atoms with Crippen LogP contribution in [0.3, 0.4) is 0 Å². The number of hydrogen-bond donors (Lipinski definition) is 1. The number of likely N-dealkylation sites (N-methyl/N-ethyl adjacent to an activating group) is 1. The lowest BCUT2D eigenvalue weighted by Crippen LogP contribution is -2.23. The second kappa shape index (κ2) is 11.6. The fourth-order valence-electron chi connectivity index (χ4n) is 3.40. The van der Waals surface area contributed by atoms with E-state index in [1.165, 1.54) is 40.9 Å². The number of ether oxygens (including phenoxy) is 2. The van der Waals surface area contributed by atoms with Crippen molar-refractivity contribution in [2.75, 3.05) is 13.7 Å². The maximum absolute atomic E-state index is 13.2. The van der Waals surface area contributed by atoms with Crippen LogP contribution in [-0.4, -0.2) is 40.7 Å². The number of carbonyl (C=O) groups excluding carboxylic acids is 1. The van der Waals surface area contributed by atoms with E-state index in [2.05, 4.69) is 20.9 Å². The number of carboxylic acids is 1. The van der Waals surface area contributed by atoms with Crippen molar-refractivity contribution in [2.45, 2.75) is 13.5 Å². The second-order valence-corrected chi connectivity index (χ2v) is 9.76. The lowest BCUT2D eigenvalue weighted by molar-refractivity contribution is -0.121. The molecule has 0 radical (unpaired) electrons. The minimum absolute atomic E-state index is 0.161. The van der Waals surface area contributed by atoms with Gasteiger partial charge in [-0.15, -0.1) is 0 Å². The molecule has 0 atom stereocenters. The molecule has 0 unspecified atom stereocenters. The number of carbonyl (C=O) groups is 2. The summed E-state index contributed by atoms with van der Waals surface area (Å²) in [5, 5.41) is 9.53. The van der Waals surface area contributed by atoms with Gasteiger partial charge < -0.3 is 14.6 Å². The van der Waals surface area contributed by atoms with Crippen LogP contribution in [0.15, 0.2) is 75.0 Å². The Labute approximate surface area is 225 Å². The van der Waals surface area contributed by atoms with E-state index in [-0.39, 0.29) is 23.9 Å². The highest BCUT2D eigenvalue weighted by atomic mass is 79.9. The lowest BCUT2D eigenvalue weighted by Gasteiger charge is -2.15. The van der Waals surface area contributed by atoms with Gasteiger partial charge in [-0.3, -0.25) is 9.69 Å². The number of thioether (sulfide) groups is 1. The first-order valence-electron chi connectivity index (χ1n) is 11.2. The van der Waals surface area contributed by atoms with Crippen molar-refractivity contribution in [1.82, 2.24) is 4.90 Å². The molecule has 190 valence electrons. The molecule has 3 aromatic rings. The van der Waals surface area contributed by atoms with Gasteiger partial charge in [0.2, 0.25) is 0 Å². The van der Waals surface area contributed by atoms with Gasteiger partial charge >= 0.3 is 5.97 Å². The summed E-state index contributed by atoms with van der Waals surface area (Å²) >= 11 is 4.76. The first-order valence-corrected chi connectivity index (χ1v) is 12.8. The molecule has 0 aliphatic carbocycles. The Hall–Kier alpha value is -3.63. The van der Waals surface area contributed by atoms with E-state index in [1.54, 1.807) is 43.5 Å². The van der Waals surface area contributed by atoms with E-state index in [9.17, 15) is 14.0 Å². The SMILES string of the molecule is CCOc1cc(/C=C2\SC(=Nc3ccc(C(=O)O)cc3)N(C)C2=O)cc(Br)c1OCc1ccc(F)cc1. The molecule has 3 aromatic carbocycles. The quantitative estimate of drug-likeness (QED) is 0.304. The van der Waals surface area contributed by atoms with Crippen molar-refractivity contribution in [3.05, 3.63) is 92.5 Å². The molecule has 1 aliphatic rings. The molecular weight excluding hydrogens is 563 g/mol. The number of amidine groups is 1. The number of amides is 1. The van der Waals surface area contributed by atoms with Crippen LogP contribution in [-0.2, 0) is 11.4 Å². The summed E-state index contributed by atoms with van der Waals surface area (Å²) in [6.07, 6.45) is 1.75. The summed E-state index contributed by atoms with van der Waals surface area (Å²) in [7, 11) is 1.63. The van der Waals surface area contributed by atoms with Crippen LogP contribution < -0.4 is 9.47 Å². The summed E-state index contributed by atoms with van der Waals surface area (Å²) in [4.78, 5) is 30.3. The molecule has 1 amide bonds. The Bertz CT molecular complexity index is 1390. The largest absolute Gasteiger partial charge is 0.490 e. The van der Waals surface area contributed by atoms with Gasteiger partial charge in [0.1, 0.15) is 12.4 Å². The zero-order valence-electron chi connectivity index (χ0n) is 19.9. The number of benzene rings is 3. The molecule has 37 heavy (non-hydrogen) atoms. The number of aliphatic imine (C=N–C) groups is 1. The van der Waals surface area contributed by atoms with Crippen molar-refractivity contribution in [1.29, 1.82) is 0 Å². The van der Waals surface area contributed by atoms with Gasteiger partial charge in [0, 0.05) is 7.05 Å². The Morgan fingerprint density at radius 2 is 1.84 bits per heavy atom. The highest BCUT2D eigenvalue weighted by molar-refractivity contribution is 9.10. The third-order valence-electron chi connectivity index (χ3n) is 5.27. The van der Waals surface area contributed by atoms with E-state index in [4.69, 9.17) is 14.6 Å². The van der Waals surface area contributed by atoms with Gasteiger partial charge in [0.15, 0.2) is 16.7 Å². The van der Waals surface area contributed by atoms with Crippen LogP contribution >= 0.6 is 27.7 Å². The van der Waals surface area contributed by atoms with E-state index < -0.39 is 5.97 Å². The topological polar surface area (TPSA) is 88.4 Å². The normalized spacial score (nSPS) is 15.5. The molecule has 0 bridgehead atoms. The number of halogens is 2. The molecule has 7 nitrogen and oxygen atoms in total. The molecule has 1 fully saturated rings. The van der Waals surface area contributed by atoms with Gasteiger partial charge in [-0.1, -0.05) is 12.1 Å². The number of hydrogen-bond acceptors (Lipinski definition) is 6. The van der Waals surface area contributed by atoms with Crippen LogP contribution in [0.5, 0.6) is 11.5 Å². The molecular formula is C27H22BrFN2O5S. The maximum atomic E-state index is 13.2. The first-order chi connectivity index (χ1) is 17.7. The molecule has 1 aliphatic heterocycles. The average molecular weight is 585 g/mol. The standard InChI is InChI=1S/C27H22BrFN2O5S/c1-3-35-22-13-17(12-21(28)24(22)36-15-16-4-8-19(29)9-5-16)14-23-25(32)31(2)27(37-23)30-20-10-6-18(7-11-20)26(33)34/h4-14H,3,15H2,1-2H3,(H,33,34)/b23-14-,30-27?. The van der Waals surface area contributed by atoms with E-state index in [0.29, 0.717) is 38.3 Å². The van der Waals surface area contributed by atoms with Gasteiger partial charge in [-0.05, 0) is 100 Å². The molecule has 1 N–H and O–H groups in total. The van der Waals surface area contributed by atoms with Gasteiger partial charge in [0.05, 0.1) is 27.2 Å². The summed E-state index contributed by atoms with van der Waals surface area (Å²) in [5.41, 5.74) is 2.23. The number of rotatable bonds is 8. The zero-order valence-corrected chi connectivity index (χ0v) is 22.3. The van der Waals surface area contributed by atoms with Gasteiger partial charge in [-0.2, -0.15) is 0 Å². The minimum atomic E-state index is -1.02. The van der Waals surface area contributed by atoms with Crippen molar-refractivity contribution >= 4 is 56.5 Å². The maximum Gasteiger partial charge on any atom is 0.335 e. The van der Waals surface area contributed by atoms with Gasteiger partial charge in [0.25, 0.3) is 5.91 Å². The van der Waals surface area contributed by atoms with Crippen molar-refractivity contribution < 1.29 is 28.6 Å². The Kier molecular flexibility index (Phi) is 8.30. The van der Waals surface area contributed by atoms with Crippen LogP contribution in [0.2, 0.25) is 0 Å². The van der Waals surface area contributed by atoms with Crippen LogP contribution in [0, 0.1) is 5.82 Å². The first kappa shape index (κ1) is 26.4. The highest BCUT2D eigenvalue weighted by Gasteiger charge is 2.30. The minimum Gasteiger partial charge on any atom is -0.490 e. The van der Waals surface area contributed by atoms with Crippen molar-refractivity contribution in [3.63, 3.8) is 0 Å². The van der Waals surface area contributed by atoms with E-state index in [1.807, 2.05) is 13.0 Å². The second-order valence-electron chi connectivity index (χ2n) is 7.90. The van der Waals surface area contributed by atoms with Crippen LogP contribution in [0.25, 0.3) is 6.08 Å². The zero-order chi connectivity index (χ0) is 26.5. The van der Waals surface area contributed by atoms with Crippen molar-refractivity contribution in [3.8, 4) is 11.5 Å². The van der Waals surface area contributed by atoms with E-state index in [0.717, 1.165) is 11.1 Å². The third kappa shape index (κ3) is 6.39. The van der Waals surface area contributed by atoms with E-state index >= 15 is 0 Å². The third-order valence-corrected chi connectivity index (χ3v) is 6.92. The Morgan fingerprint density at radius 1 is 1.14 bits per heavy atom. The molecule has 1 saturated heterocycles. The molecule has 0 spiro atoms. The average Bonchev–Trinajstić information content (AvgIpc) is 3.12. The number of aromatic carboxylic acids is 1. The lowest BCUT2D eigenvalue weighted by atomic mass is 10.1. The Balaban J connectivity index is 1.57. The summed E-state index contributed by atoms with van der Waals surface area (Å²) in [6, 6.07) is 15.8. The number of nitrogens with zero attached hydrogens (tertiary/aromatic N) is 2. The molecule has 1 heterocycles. The van der Waals surface area contributed by atoms with Crippen molar-refractivity contribution in [2.24, 2.45) is 4.99 Å². The van der Waals surface area contributed by atoms with Crippen LogP contribution in [0.4, 0.5) is 10.1 Å². The van der Waals surface area contributed by atoms with Gasteiger partial charge in [-0.25, -0.2) is 14.2 Å². The monoisotopic (exact) mass is 584 g/mol. The predicted molar refractivity (Wildman–Crippen MR) is 145 cm³/mol. The highest BCUT2D eigenvalue weighted by Crippen LogP contribution is 2.40. The summed E-state index contributed by atoms with van der Waals surface area (Å²) < 4.78 is 25.6. The number of carboxylic acid groups (broad SMARTS) is 1. The smallest absolute Gasteiger partial charge is 0.335 e. The molecule has 10 heteroatoms. The fraction of sp³-hybridized carbons (Fsp3) is 0.148. The molecule has 0 aromatic heterocycles. The van der Waals surface area contributed by atoms with Crippen LogP contribution in [0.1, 0.15) is 28.4 Å². The molecule has 4 rings (SSSR count). The Morgan fingerprint density at radius 3 is 2.49 bits per heavy atom. The predicted octanol–water partition coefficient (Wildman–Crippen LogP) is 6.50. The fourth-order valence-corrected chi connectivity index (χ4v) is 4.96. The summed E-state index contributed by atoms with van der Waals surface area (Å²) in [5.74, 6) is -0.537. The summed E-state index contributed by atoms with van der Waals surface area (Å²) in [6.45, 7) is 2.50.